The zero-order valence-corrected chi connectivity index (χ0v) is 22.0. The van der Waals surface area contributed by atoms with Gasteiger partial charge in [-0.15, -0.1) is 0 Å². The highest BCUT2D eigenvalue weighted by Gasteiger charge is 2.40. The lowest BCUT2D eigenvalue weighted by molar-refractivity contribution is 0.125. The topological polar surface area (TPSA) is 46.2 Å². The Morgan fingerprint density at radius 1 is 0.913 bits per heavy atom. The normalized spacial score (nSPS) is 12.4. The first kappa shape index (κ1) is 25.9. The van der Waals surface area contributed by atoms with Crippen LogP contribution in [-0.2, 0) is 21.8 Å². The SMILES string of the molecule is CCCCCO[SiH3].CO[Si](CC[Si](C)(C)O[SiH](C)C)(OC)OC. The first-order valence-electron chi connectivity index (χ1n) is 8.54. The molecule has 0 aromatic carbocycles. The summed E-state index contributed by atoms with van der Waals surface area (Å²) in [5.74, 6) is 0. The molecule has 0 N–H and O–H groups in total. The lowest BCUT2D eigenvalue weighted by Gasteiger charge is -2.30. The molecule has 0 saturated heterocycles. The van der Waals surface area contributed by atoms with Crippen molar-refractivity contribution in [3.05, 3.63) is 0 Å². The fourth-order valence-corrected chi connectivity index (χ4v) is 12.8. The summed E-state index contributed by atoms with van der Waals surface area (Å²) < 4.78 is 27.3. The van der Waals surface area contributed by atoms with Gasteiger partial charge in [0.15, 0.2) is 17.4 Å². The van der Waals surface area contributed by atoms with Gasteiger partial charge in [0, 0.05) is 34.0 Å². The van der Waals surface area contributed by atoms with E-state index >= 15 is 0 Å². The van der Waals surface area contributed by atoms with Gasteiger partial charge in [0.1, 0.15) is 10.5 Å². The second-order valence-corrected chi connectivity index (χ2v) is 17.1. The van der Waals surface area contributed by atoms with Crippen molar-refractivity contribution in [2.45, 2.75) is 64.5 Å². The largest absolute Gasteiger partial charge is 0.499 e. The lowest BCUT2D eigenvalue weighted by atomic mass is 10.3. The number of rotatable bonds is 12. The quantitative estimate of drug-likeness (QED) is 0.372. The minimum absolute atomic E-state index is 0.844. The van der Waals surface area contributed by atoms with E-state index in [1.54, 1.807) is 21.3 Å². The Balaban J connectivity index is 0. The Bertz CT molecular complexity index is 251. The van der Waals surface area contributed by atoms with Crippen LogP contribution in [0.15, 0.2) is 0 Å². The molecule has 0 aromatic rings. The van der Waals surface area contributed by atoms with Crippen molar-refractivity contribution >= 4 is 36.6 Å². The Kier molecular flexibility index (Phi) is 16.9. The van der Waals surface area contributed by atoms with E-state index in [4.69, 9.17) is 21.8 Å². The van der Waals surface area contributed by atoms with Gasteiger partial charge in [-0.1, -0.05) is 19.8 Å². The highest BCUT2D eigenvalue weighted by atomic mass is 28.4. The molecule has 9 heteroatoms. The predicted molar refractivity (Wildman–Crippen MR) is 109 cm³/mol. The van der Waals surface area contributed by atoms with Gasteiger partial charge in [0.2, 0.25) is 0 Å². The van der Waals surface area contributed by atoms with E-state index in [2.05, 4.69) is 33.1 Å². The molecule has 0 heterocycles. The highest BCUT2D eigenvalue weighted by Crippen LogP contribution is 2.23. The van der Waals surface area contributed by atoms with Gasteiger partial charge < -0.3 is 21.8 Å². The minimum Gasteiger partial charge on any atom is -0.458 e. The first-order chi connectivity index (χ1) is 10.7. The van der Waals surface area contributed by atoms with Crippen LogP contribution in [0.2, 0.25) is 38.3 Å². The summed E-state index contributed by atoms with van der Waals surface area (Å²) in [6.45, 7) is 12.1. The van der Waals surface area contributed by atoms with E-state index in [-0.39, 0.29) is 0 Å². The van der Waals surface area contributed by atoms with Gasteiger partial charge in [-0.3, -0.25) is 0 Å². The molecule has 0 atom stereocenters. The summed E-state index contributed by atoms with van der Waals surface area (Å²) >= 11 is 0. The first-order valence-corrected chi connectivity index (χ1v) is 17.2. The number of hydrogen-bond donors (Lipinski definition) is 0. The Labute approximate surface area is 151 Å². The zero-order chi connectivity index (χ0) is 18.4. The predicted octanol–water partition coefficient (Wildman–Crippen LogP) is 2.54. The molecular weight excluding hydrogens is 360 g/mol. The second kappa shape index (κ2) is 15.0. The van der Waals surface area contributed by atoms with E-state index in [1.807, 2.05) is 0 Å². The van der Waals surface area contributed by atoms with Crippen LogP contribution in [0.3, 0.4) is 0 Å². The molecule has 0 rings (SSSR count). The third kappa shape index (κ3) is 14.7. The summed E-state index contributed by atoms with van der Waals surface area (Å²) in [6.07, 6.45) is 3.87. The molecule has 0 aliphatic heterocycles. The van der Waals surface area contributed by atoms with Crippen molar-refractivity contribution in [2.24, 2.45) is 0 Å². The molecule has 0 amide bonds. The summed E-state index contributed by atoms with van der Waals surface area (Å²) in [4.78, 5) is 0. The smallest absolute Gasteiger partial charge is 0.458 e. The summed E-state index contributed by atoms with van der Waals surface area (Å²) in [5, 5.41) is 0. The summed E-state index contributed by atoms with van der Waals surface area (Å²) in [6, 6.07) is 1.87. The number of hydrogen-bond acceptors (Lipinski definition) is 5. The van der Waals surface area contributed by atoms with Gasteiger partial charge in [-0.25, -0.2) is 0 Å². The van der Waals surface area contributed by atoms with Crippen LogP contribution in [0.5, 0.6) is 0 Å². The molecule has 0 unspecified atom stereocenters. The molecule has 5 nitrogen and oxygen atoms in total. The highest BCUT2D eigenvalue weighted by molar-refractivity contribution is 6.79. The molecule has 0 aromatic heterocycles. The molecule has 0 aliphatic carbocycles. The monoisotopic (exact) mass is 400 g/mol. The molecule has 142 valence electrons. The second-order valence-electron chi connectivity index (χ2n) is 6.42. The zero-order valence-electron chi connectivity index (χ0n) is 16.9. The van der Waals surface area contributed by atoms with Crippen LogP contribution < -0.4 is 0 Å². The summed E-state index contributed by atoms with van der Waals surface area (Å²) in [5.41, 5.74) is 0. The van der Waals surface area contributed by atoms with E-state index in [0.29, 0.717) is 0 Å². The average Bonchev–Trinajstić information content (AvgIpc) is 2.49. The molecule has 0 radical (unpaired) electrons. The van der Waals surface area contributed by atoms with Crippen LogP contribution in [0.4, 0.5) is 0 Å². The van der Waals surface area contributed by atoms with E-state index < -0.39 is 26.2 Å². The van der Waals surface area contributed by atoms with Crippen molar-refractivity contribution in [1.82, 2.24) is 0 Å². The van der Waals surface area contributed by atoms with Gasteiger partial charge in [0.25, 0.3) is 0 Å². The van der Waals surface area contributed by atoms with Crippen molar-refractivity contribution in [2.75, 3.05) is 27.9 Å². The fourth-order valence-electron chi connectivity index (χ4n) is 2.20. The van der Waals surface area contributed by atoms with E-state index in [9.17, 15) is 0 Å². The van der Waals surface area contributed by atoms with Gasteiger partial charge in [-0.2, -0.15) is 0 Å². The van der Waals surface area contributed by atoms with Gasteiger partial charge >= 0.3 is 8.80 Å². The fraction of sp³-hybridized carbons (Fsp3) is 1.00. The lowest BCUT2D eigenvalue weighted by Crippen LogP contribution is -2.45. The Morgan fingerprint density at radius 2 is 1.43 bits per heavy atom. The average molecular weight is 401 g/mol. The Morgan fingerprint density at radius 3 is 1.78 bits per heavy atom. The maximum atomic E-state index is 6.10. The van der Waals surface area contributed by atoms with Crippen molar-refractivity contribution in [1.29, 1.82) is 0 Å². The van der Waals surface area contributed by atoms with E-state index in [0.717, 1.165) is 29.2 Å². The molecule has 0 spiro atoms. The summed E-state index contributed by atoms with van der Waals surface area (Å²) in [7, 11) is 0.952. The molecule has 0 saturated carbocycles. The Hall–Kier alpha value is 0.668. The molecule has 0 aliphatic rings. The van der Waals surface area contributed by atoms with Crippen LogP contribution in [0.25, 0.3) is 0 Å². The van der Waals surface area contributed by atoms with Gasteiger partial charge in [-0.05, 0) is 38.7 Å². The molecule has 0 bridgehead atoms. The van der Waals surface area contributed by atoms with Crippen LogP contribution >= 0.6 is 0 Å². The maximum Gasteiger partial charge on any atom is 0.499 e. The third-order valence-electron chi connectivity index (χ3n) is 3.47. The van der Waals surface area contributed by atoms with Crippen LogP contribution in [0.1, 0.15) is 26.2 Å². The van der Waals surface area contributed by atoms with Crippen molar-refractivity contribution < 1.29 is 21.8 Å². The van der Waals surface area contributed by atoms with Crippen molar-refractivity contribution in [3.63, 3.8) is 0 Å². The third-order valence-corrected chi connectivity index (χ3v) is 13.0. The van der Waals surface area contributed by atoms with Crippen LogP contribution in [0, 0.1) is 0 Å². The maximum absolute atomic E-state index is 6.10. The minimum atomic E-state index is -2.41. The van der Waals surface area contributed by atoms with Crippen LogP contribution in [-0.4, -0.2) is 64.6 Å². The number of unbranched alkanes of at least 4 members (excludes halogenated alkanes) is 2. The standard InChI is InChI=1S/C9H26O4Si3.C5H14OSi/c1-10-16(11-2,12-3)9-8-15(6,7)13-14(4)5;1-2-3-4-5-6-7/h14H,8-9H2,1-7H3;2-5H2,1,7H3. The van der Waals surface area contributed by atoms with Gasteiger partial charge in [0.05, 0.1) is 0 Å². The molecular formula is C14H40O5Si4. The van der Waals surface area contributed by atoms with Crippen molar-refractivity contribution in [3.8, 4) is 0 Å². The molecule has 23 heavy (non-hydrogen) atoms. The van der Waals surface area contributed by atoms with E-state index in [1.165, 1.54) is 19.3 Å². The molecule has 0 fully saturated rings.